The molecule has 0 fully saturated rings. The third kappa shape index (κ3) is 2.24. The van der Waals surface area contributed by atoms with Crippen molar-refractivity contribution in [1.29, 1.82) is 0 Å². The monoisotopic (exact) mass is 290 g/mol. The van der Waals surface area contributed by atoms with E-state index in [-0.39, 0.29) is 12.4 Å². The van der Waals surface area contributed by atoms with Gasteiger partial charge in [-0.25, -0.2) is 4.79 Å². The molecular formula is C16H12F2O3. The maximum atomic E-state index is 13.9. The van der Waals surface area contributed by atoms with Gasteiger partial charge in [0.1, 0.15) is 11.3 Å². The van der Waals surface area contributed by atoms with Crippen LogP contribution in [0.4, 0.5) is 8.78 Å². The first-order chi connectivity index (χ1) is 10.0. The lowest BCUT2D eigenvalue weighted by Crippen LogP contribution is -2.35. The highest BCUT2D eigenvalue weighted by Crippen LogP contribution is 2.41. The number of hydrogen-bond donors (Lipinski definition) is 0. The number of alkyl halides is 2. The molecule has 0 radical (unpaired) electrons. The summed E-state index contributed by atoms with van der Waals surface area (Å²) in [4.78, 5) is 11.7. The molecule has 0 aromatic heterocycles. The summed E-state index contributed by atoms with van der Waals surface area (Å²) in [5.74, 6) is -1.02. The fraction of sp³-hybridized carbons (Fsp3) is 0.188. The highest BCUT2D eigenvalue weighted by atomic mass is 19.3. The molecule has 0 aliphatic carbocycles. The van der Waals surface area contributed by atoms with Crippen molar-refractivity contribution in [2.75, 3.05) is 6.61 Å². The molecule has 2 aromatic carbocycles. The summed E-state index contributed by atoms with van der Waals surface area (Å²) in [5.41, 5.74) is -0.324. The fourth-order valence-electron chi connectivity index (χ4n) is 2.32. The van der Waals surface area contributed by atoms with Crippen molar-refractivity contribution in [3.05, 3.63) is 47.5 Å². The number of hydrogen-bond acceptors (Lipinski definition) is 3. The van der Waals surface area contributed by atoms with Gasteiger partial charge in [-0.2, -0.15) is 8.78 Å². The first-order valence-corrected chi connectivity index (χ1v) is 6.51. The lowest BCUT2D eigenvalue weighted by molar-refractivity contribution is -0.165. The minimum Gasteiger partial charge on any atom is -0.462 e. The summed E-state index contributed by atoms with van der Waals surface area (Å²) in [7, 11) is 0. The second-order valence-electron chi connectivity index (χ2n) is 4.60. The number of rotatable bonds is 2. The van der Waals surface area contributed by atoms with Gasteiger partial charge < -0.3 is 9.47 Å². The van der Waals surface area contributed by atoms with Crippen LogP contribution in [0.5, 0.6) is 5.75 Å². The molecule has 0 N–H and O–H groups in total. The highest BCUT2D eigenvalue weighted by Gasteiger charge is 2.45. The van der Waals surface area contributed by atoms with Gasteiger partial charge in [0, 0.05) is 5.56 Å². The number of fused-ring (bicyclic) bond motifs is 3. The first-order valence-electron chi connectivity index (χ1n) is 6.51. The summed E-state index contributed by atoms with van der Waals surface area (Å²) < 4.78 is 37.2. The predicted octanol–water partition coefficient (Wildman–Crippen LogP) is 3.77. The molecule has 1 aliphatic rings. The van der Waals surface area contributed by atoms with Crippen LogP contribution in [0.1, 0.15) is 12.5 Å². The lowest BCUT2D eigenvalue weighted by atomic mass is 9.99. The van der Waals surface area contributed by atoms with E-state index < -0.39 is 17.7 Å². The van der Waals surface area contributed by atoms with Crippen LogP contribution in [0.15, 0.2) is 42.0 Å². The van der Waals surface area contributed by atoms with Gasteiger partial charge in [0.05, 0.1) is 6.61 Å². The van der Waals surface area contributed by atoms with E-state index in [9.17, 15) is 13.6 Å². The molecule has 1 heterocycles. The van der Waals surface area contributed by atoms with E-state index in [0.29, 0.717) is 5.56 Å². The predicted molar refractivity (Wildman–Crippen MR) is 74.1 cm³/mol. The molecule has 3 rings (SSSR count). The van der Waals surface area contributed by atoms with Crippen LogP contribution in [-0.4, -0.2) is 18.7 Å². The van der Waals surface area contributed by atoms with Crippen molar-refractivity contribution in [3.8, 4) is 5.75 Å². The number of ether oxygens (including phenoxy) is 2. The molecule has 0 amide bonds. The molecule has 1 aliphatic heterocycles. The molecule has 0 bridgehead atoms. The summed E-state index contributed by atoms with van der Waals surface area (Å²) in [6, 6.07) is 10.5. The van der Waals surface area contributed by atoms with Crippen molar-refractivity contribution < 1.29 is 23.0 Å². The van der Waals surface area contributed by atoms with E-state index in [1.807, 2.05) is 12.1 Å². The molecule has 0 unspecified atom stereocenters. The van der Waals surface area contributed by atoms with Gasteiger partial charge in [-0.15, -0.1) is 0 Å². The fourth-order valence-corrected chi connectivity index (χ4v) is 2.32. The third-order valence-electron chi connectivity index (χ3n) is 3.27. The Kier molecular flexibility index (Phi) is 3.12. The molecule has 108 valence electrons. The number of carbonyl (C=O) groups excluding carboxylic acids is 1. The van der Waals surface area contributed by atoms with Crippen molar-refractivity contribution in [2.24, 2.45) is 0 Å². The van der Waals surface area contributed by atoms with Gasteiger partial charge in [0.2, 0.25) is 0 Å². The van der Waals surface area contributed by atoms with Gasteiger partial charge in [-0.3, -0.25) is 0 Å². The van der Waals surface area contributed by atoms with E-state index in [1.54, 1.807) is 25.1 Å². The Labute approximate surface area is 119 Å². The van der Waals surface area contributed by atoms with E-state index in [4.69, 9.17) is 4.74 Å². The second-order valence-corrected chi connectivity index (χ2v) is 4.60. The molecule has 0 saturated carbocycles. The van der Waals surface area contributed by atoms with Crippen LogP contribution in [0.2, 0.25) is 0 Å². The minimum absolute atomic E-state index is 0.0225. The zero-order chi connectivity index (χ0) is 15.0. The zero-order valence-corrected chi connectivity index (χ0v) is 11.2. The minimum atomic E-state index is -3.69. The largest absolute Gasteiger partial charge is 0.462 e. The number of halogens is 2. The van der Waals surface area contributed by atoms with Crippen LogP contribution in [0, 0.1) is 0 Å². The Morgan fingerprint density at radius 2 is 2.00 bits per heavy atom. The Balaban J connectivity index is 2.21. The average molecular weight is 290 g/mol. The molecule has 21 heavy (non-hydrogen) atoms. The standard InChI is InChI=1S/C16H12F2O3/c1-2-20-15(19)13-9-12-11-6-4-3-5-10(11)7-8-14(12)21-16(13,17)18/h3-9H,2H2,1H3. The van der Waals surface area contributed by atoms with E-state index >= 15 is 0 Å². The average Bonchev–Trinajstić information content (AvgIpc) is 2.45. The Morgan fingerprint density at radius 1 is 1.24 bits per heavy atom. The number of benzene rings is 2. The lowest BCUT2D eigenvalue weighted by Gasteiger charge is -2.25. The first kappa shape index (κ1) is 13.5. The molecule has 2 aromatic rings. The molecule has 5 heteroatoms. The Bertz CT molecular complexity index is 750. The normalized spacial score (nSPS) is 15.9. The zero-order valence-electron chi connectivity index (χ0n) is 11.2. The summed E-state index contributed by atoms with van der Waals surface area (Å²) in [5, 5.41) is 1.62. The topological polar surface area (TPSA) is 35.5 Å². The molecule has 0 spiro atoms. The molecule has 3 nitrogen and oxygen atoms in total. The van der Waals surface area contributed by atoms with Crippen LogP contribution in [-0.2, 0) is 9.53 Å². The Hall–Kier alpha value is -2.43. The van der Waals surface area contributed by atoms with Gasteiger partial charge in [0.15, 0.2) is 0 Å². The van der Waals surface area contributed by atoms with Crippen molar-refractivity contribution in [3.63, 3.8) is 0 Å². The van der Waals surface area contributed by atoms with E-state index in [0.717, 1.165) is 16.8 Å². The van der Waals surface area contributed by atoms with Crippen LogP contribution in [0.3, 0.4) is 0 Å². The molecule has 0 saturated heterocycles. The summed E-state index contributed by atoms with van der Waals surface area (Å²) >= 11 is 0. The Morgan fingerprint density at radius 3 is 2.76 bits per heavy atom. The SMILES string of the molecule is CCOC(=O)C1=Cc2c(ccc3ccccc23)OC1(F)F. The maximum Gasteiger partial charge on any atom is 0.433 e. The van der Waals surface area contributed by atoms with Crippen molar-refractivity contribution in [1.82, 2.24) is 0 Å². The maximum absolute atomic E-state index is 13.9. The summed E-state index contributed by atoms with van der Waals surface area (Å²) in [6.07, 6.45) is -2.54. The van der Waals surface area contributed by atoms with E-state index in [1.165, 1.54) is 6.07 Å². The molecular weight excluding hydrogens is 278 g/mol. The quantitative estimate of drug-likeness (QED) is 0.790. The third-order valence-corrected chi connectivity index (χ3v) is 3.27. The van der Waals surface area contributed by atoms with Gasteiger partial charge in [0.25, 0.3) is 0 Å². The van der Waals surface area contributed by atoms with E-state index in [2.05, 4.69) is 4.74 Å². The van der Waals surface area contributed by atoms with Crippen LogP contribution >= 0.6 is 0 Å². The van der Waals surface area contributed by atoms with Crippen LogP contribution < -0.4 is 4.74 Å². The van der Waals surface area contributed by atoms with Crippen LogP contribution in [0.25, 0.3) is 16.8 Å². The van der Waals surface area contributed by atoms with Crippen molar-refractivity contribution in [2.45, 2.75) is 13.0 Å². The van der Waals surface area contributed by atoms with Crippen molar-refractivity contribution >= 4 is 22.8 Å². The van der Waals surface area contributed by atoms with Gasteiger partial charge in [-0.05, 0) is 29.8 Å². The highest BCUT2D eigenvalue weighted by molar-refractivity contribution is 6.01. The summed E-state index contributed by atoms with van der Waals surface area (Å²) in [6.45, 7) is 1.58. The van der Waals surface area contributed by atoms with Gasteiger partial charge >= 0.3 is 12.1 Å². The smallest absolute Gasteiger partial charge is 0.433 e. The second kappa shape index (κ2) is 4.84. The number of carbonyl (C=O) groups is 1. The molecule has 0 atom stereocenters. The van der Waals surface area contributed by atoms with Gasteiger partial charge in [-0.1, -0.05) is 30.3 Å². The number of esters is 1.